The summed E-state index contributed by atoms with van der Waals surface area (Å²) in [5, 5.41) is 42.5. The van der Waals surface area contributed by atoms with E-state index in [4.69, 9.17) is 9.57 Å². The van der Waals surface area contributed by atoms with Gasteiger partial charge in [0.1, 0.15) is 24.4 Å². The molecule has 0 amide bonds. The van der Waals surface area contributed by atoms with E-state index in [0.717, 1.165) is 16.7 Å². The van der Waals surface area contributed by atoms with Gasteiger partial charge in [0.2, 0.25) is 0 Å². The average Bonchev–Trinajstić information content (AvgIpc) is 2.69. The van der Waals surface area contributed by atoms with Crippen molar-refractivity contribution in [3.8, 4) is 11.1 Å². The number of rotatable bonds is 5. The Hall–Kier alpha value is -2.29. The Labute approximate surface area is 150 Å². The highest BCUT2D eigenvalue weighted by atomic mass is 16.8. The van der Waals surface area contributed by atoms with Crippen molar-refractivity contribution in [3.63, 3.8) is 0 Å². The summed E-state index contributed by atoms with van der Waals surface area (Å²) in [6.07, 6.45) is -5.29. The van der Waals surface area contributed by atoms with Crippen molar-refractivity contribution in [1.82, 2.24) is 0 Å². The van der Waals surface area contributed by atoms with Gasteiger partial charge in [-0.2, -0.15) is 0 Å². The van der Waals surface area contributed by atoms with Crippen LogP contribution in [0.3, 0.4) is 0 Å². The van der Waals surface area contributed by atoms with Crippen LogP contribution in [0.25, 0.3) is 11.1 Å². The second-order valence-corrected chi connectivity index (χ2v) is 5.99. The summed E-state index contributed by atoms with van der Waals surface area (Å²) in [6, 6.07) is 17.4. The van der Waals surface area contributed by atoms with Gasteiger partial charge in [0.05, 0.1) is 12.8 Å². The van der Waals surface area contributed by atoms with E-state index in [1.54, 1.807) is 0 Å². The Morgan fingerprint density at radius 1 is 0.923 bits per heavy atom. The summed E-state index contributed by atoms with van der Waals surface area (Å²) in [4.78, 5) is 5.16. The molecule has 1 aliphatic rings. The lowest BCUT2D eigenvalue weighted by Crippen LogP contribution is -2.58. The number of aliphatic hydroxyl groups is 4. The fourth-order valence-electron chi connectivity index (χ4n) is 2.79. The molecule has 2 aromatic carbocycles. The van der Waals surface area contributed by atoms with Crippen molar-refractivity contribution in [2.45, 2.75) is 30.7 Å². The Bertz CT molecular complexity index is 736. The van der Waals surface area contributed by atoms with Crippen LogP contribution in [0.1, 0.15) is 5.56 Å². The van der Waals surface area contributed by atoms with Crippen LogP contribution in [0.4, 0.5) is 0 Å². The van der Waals surface area contributed by atoms with E-state index >= 15 is 0 Å². The molecule has 3 unspecified atom stereocenters. The van der Waals surface area contributed by atoms with Gasteiger partial charge >= 0.3 is 0 Å². The molecular weight excluding hydrogens is 338 g/mol. The Balaban J connectivity index is 1.73. The van der Waals surface area contributed by atoms with Crippen LogP contribution in [0.15, 0.2) is 59.8 Å². The van der Waals surface area contributed by atoms with Gasteiger partial charge in [0.15, 0.2) is 0 Å². The van der Waals surface area contributed by atoms with E-state index in [1.165, 1.54) is 6.21 Å². The molecule has 1 saturated heterocycles. The molecule has 3 rings (SSSR count). The summed E-state index contributed by atoms with van der Waals surface area (Å²) in [6.45, 7) is -0.522. The van der Waals surface area contributed by atoms with Crippen LogP contribution in [-0.2, 0) is 9.57 Å². The van der Waals surface area contributed by atoms with Crippen molar-refractivity contribution in [3.05, 3.63) is 60.2 Å². The smallest absolute Gasteiger partial charge is 0.256 e. The molecule has 0 spiro atoms. The Morgan fingerprint density at radius 2 is 1.62 bits per heavy atom. The van der Waals surface area contributed by atoms with Crippen LogP contribution < -0.4 is 0 Å². The van der Waals surface area contributed by atoms with Gasteiger partial charge in [0, 0.05) is 5.56 Å². The maximum Gasteiger partial charge on any atom is 0.256 e. The first kappa shape index (κ1) is 18.5. The number of hydrogen-bond donors (Lipinski definition) is 4. The van der Waals surface area contributed by atoms with E-state index in [2.05, 4.69) is 5.16 Å². The lowest BCUT2D eigenvalue weighted by Gasteiger charge is -2.38. The van der Waals surface area contributed by atoms with Crippen molar-refractivity contribution in [1.29, 1.82) is 0 Å². The fourth-order valence-corrected chi connectivity index (χ4v) is 2.79. The van der Waals surface area contributed by atoms with Gasteiger partial charge in [-0.05, 0) is 11.1 Å². The number of nitrogens with zero attached hydrogens (tertiary/aromatic N) is 1. The summed E-state index contributed by atoms with van der Waals surface area (Å²) in [5.41, 5.74) is 2.76. The molecule has 26 heavy (non-hydrogen) atoms. The standard InChI is InChI=1S/C19H21NO6/c21-11-15-16(22)17(23)18(24)19(25-15)26-20-10-13-8-4-5-9-14(13)12-6-2-1-3-7-12/h1-10,15-19,21-24H,11H2/b20-10+/t15?,16?,17-,18?,19-/m0/s1. The number of aliphatic hydroxyl groups excluding tert-OH is 4. The largest absolute Gasteiger partial charge is 0.394 e. The zero-order valence-corrected chi connectivity index (χ0v) is 13.9. The lowest BCUT2D eigenvalue weighted by molar-refractivity contribution is -0.301. The third-order valence-corrected chi connectivity index (χ3v) is 4.25. The maximum absolute atomic E-state index is 9.94. The van der Waals surface area contributed by atoms with Crippen LogP contribution in [0, 0.1) is 0 Å². The maximum atomic E-state index is 9.94. The predicted molar refractivity (Wildman–Crippen MR) is 94.3 cm³/mol. The van der Waals surface area contributed by atoms with E-state index in [9.17, 15) is 20.4 Å². The molecular formula is C19H21NO6. The average molecular weight is 359 g/mol. The van der Waals surface area contributed by atoms with Crippen molar-refractivity contribution < 1.29 is 30.0 Å². The number of oxime groups is 1. The zero-order valence-electron chi connectivity index (χ0n) is 13.9. The molecule has 2 aromatic rings. The first-order valence-corrected chi connectivity index (χ1v) is 8.26. The molecule has 0 radical (unpaired) electrons. The van der Waals surface area contributed by atoms with Crippen LogP contribution in [-0.4, -0.2) is 64.0 Å². The van der Waals surface area contributed by atoms with E-state index in [-0.39, 0.29) is 0 Å². The predicted octanol–water partition coefficient (Wildman–Crippen LogP) is 0.504. The second kappa shape index (κ2) is 8.39. The van der Waals surface area contributed by atoms with Crippen LogP contribution in [0.5, 0.6) is 0 Å². The molecule has 7 nitrogen and oxygen atoms in total. The monoisotopic (exact) mass is 359 g/mol. The van der Waals surface area contributed by atoms with Gasteiger partial charge in [-0.25, -0.2) is 0 Å². The molecule has 1 aliphatic heterocycles. The number of benzene rings is 2. The molecule has 7 heteroatoms. The third kappa shape index (κ3) is 3.92. The van der Waals surface area contributed by atoms with Crippen molar-refractivity contribution in [2.24, 2.45) is 5.16 Å². The molecule has 1 fully saturated rings. The topological polar surface area (TPSA) is 112 Å². The highest BCUT2D eigenvalue weighted by molar-refractivity contribution is 5.90. The first-order chi connectivity index (χ1) is 12.6. The Kier molecular flexibility index (Phi) is 5.97. The molecule has 1 heterocycles. The van der Waals surface area contributed by atoms with Crippen LogP contribution >= 0.6 is 0 Å². The van der Waals surface area contributed by atoms with Gasteiger partial charge in [-0.15, -0.1) is 0 Å². The molecule has 5 atom stereocenters. The lowest BCUT2D eigenvalue weighted by atomic mass is 9.99. The van der Waals surface area contributed by atoms with Crippen molar-refractivity contribution in [2.75, 3.05) is 6.61 Å². The van der Waals surface area contributed by atoms with Crippen molar-refractivity contribution >= 4 is 6.21 Å². The first-order valence-electron chi connectivity index (χ1n) is 8.26. The third-order valence-electron chi connectivity index (χ3n) is 4.25. The minimum Gasteiger partial charge on any atom is -0.394 e. The highest BCUT2D eigenvalue weighted by Gasteiger charge is 2.44. The Morgan fingerprint density at radius 3 is 2.35 bits per heavy atom. The summed E-state index contributed by atoms with van der Waals surface area (Å²) in [7, 11) is 0. The molecule has 0 aromatic heterocycles. The van der Waals surface area contributed by atoms with E-state index in [0.29, 0.717) is 0 Å². The zero-order chi connectivity index (χ0) is 18.5. The summed E-state index contributed by atoms with van der Waals surface area (Å²) in [5.74, 6) is 0. The fraction of sp³-hybridized carbons (Fsp3) is 0.316. The molecule has 4 N–H and O–H groups in total. The second-order valence-electron chi connectivity index (χ2n) is 5.99. The molecule has 0 bridgehead atoms. The SMILES string of the molecule is OCC1O[C@@H](O/N=C/c2ccccc2-c2ccccc2)C(O)[C@@H](O)C1O. The number of hydrogen-bond acceptors (Lipinski definition) is 7. The summed E-state index contributed by atoms with van der Waals surface area (Å²) < 4.78 is 5.24. The molecule has 138 valence electrons. The molecule has 0 saturated carbocycles. The van der Waals surface area contributed by atoms with E-state index < -0.39 is 37.3 Å². The van der Waals surface area contributed by atoms with Gasteiger partial charge in [-0.3, -0.25) is 0 Å². The van der Waals surface area contributed by atoms with Gasteiger partial charge in [-0.1, -0.05) is 59.8 Å². The number of ether oxygens (including phenoxy) is 1. The van der Waals surface area contributed by atoms with Crippen LogP contribution in [0.2, 0.25) is 0 Å². The highest BCUT2D eigenvalue weighted by Crippen LogP contribution is 2.24. The summed E-state index contributed by atoms with van der Waals surface area (Å²) >= 11 is 0. The quantitative estimate of drug-likeness (QED) is 0.457. The molecule has 0 aliphatic carbocycles. The minimum absolute atomic E-state index is 0.522. The van der Waals surface area contributed by atoms with Gasteiger partial charge < -0.3 is 30.0 Å². The van der Waals surface area contributed by atoms with Gasteiger partial charge in [0.25, 0.3) is 6.29 Å². The minimum atomic E-state index is -1.50. The van der Waals surface area contributed by atoms with E-state index in [1.807, 2.05) is 54.6 Å². The normalized spacial score (nSPS) is 29.0.